The number of hydrogen-bond donors (Lipinski definition) is 1. The van der Waals surface area contributed by atoms with Crippen molar-refractivity contribution in [3.05, 3.63) is 54.6 Å². The Hall–Kier alpha value is -1.50. The molecule has 1 aromatic carbocycles. The van der Waals surface area contributed by atoms with E-state index in [-0.39, 0.29) is 0 Å². The maximum atomic E-state index is 9.04. The fraction of sp³-hybridized carbons (Fsp3) is 0.167. The van der Waals surface area contributed by atoms with E-state index in [1.165, 1.54) is 5.56 Å². The summed E-state index contributed by atoms with van der Waals surface area (Å²) in [6.45, 7) is 3.63. The van der Waals surface area contributed by atoms with E-state index in [1.54, 1.807) is 12.1 Å². The van der Waals surface area contributed by atoms with Crippen molar-refractivity contribution < 1.29 is 5.11 Å². The summed E-state index contributed by atoms with van der Waals surface area (Å²) >= 11 is 0. The van der Waals surface area contributed by atoms with Gasteiger partial charge in [0.2, 0.25) is 0 Å². The highest BCUT2D eigenvalue weighted by Gasteiger charge is 1.88. The van der Waals surface area contributed by atoms with Crippen LogP contribution in [-0.4, -0.2) is 5.11 Å². The molecule has 1 nitrogen and oxygen atoms in total. The lowest BCUT2D eigenvalue weighted by molar-refractivity contribution is 0.475. The summed E-state index contributed by atoms with van der Waals surface area (Å²) in [7, 11) is 0. The van der Waals surface area contributed by atoms with Gasteiger partial charge in [-0.25, -0.2) is 0 Å². The van der Waals surface area contributed by atoms with E-state index in [0.29, 0.717) is 5.75 Å². The van der Waals surface area contributed by atoms with Gasteiger partial charge in [0.25, 0.3) is 0 Å². The van der Waals surface area contributed by atoms with Crippen molar-refractivity contribution in [1.82, 2.24) is 0 Å². The van der Waals surface area contributed by atoms with Gasteiger partial charge in [-0.3, -0.25) is 0 Å². The second-order valence-corrected chi connectivity index (χ2v) is 2.87. The van der Waals surface area contributed by atoms with Gasteiger partial charge in [-0.2, -0.15) is 0 Å². The van der Waals surface area contributed by atoms with Gasteiger partial charge >= 0.3 is 0 Å². The zero-order valence-electron chi connectivity index (χ0n) is 7.61. The lowest BCUT2D eigenvalue weighted by Crippen LogP contribution is -1.78. The van der Waals surface area contributed by atoms with Gasteiger partial charge in [-0.15, -0.1) is 6.58 Å². The molecule has 0 aliphatic carbocycles. The zero-order chi connectivity index (χ0) is 9.52. The normalized spacial score (nSPS) is 10.5. The molecule has 1 N–H and O–H groups in total. The molecular weight excluding hydrogens is 160 g/mol. The first-order chi connectivity index (χ1) is 6.33. The van der Waals surface area contributed by atoms with Crippen LogP contribution in [0.4, 0.5) is 0 Å². The Bertz CT molecular complexity index is 282. The fourth-order valence-electron chi connectivity index (χ4n) is 1.04. The van der Waals surface area contributed by atoms with Crippen LogP contribution in [0.1, 0.15) is 12.0 Å². The van der Waals surface area contributed by atoms with Crippen LogP contribution in [0.5, 0.6) is 5.75 Å². The fourth-order valence-corrected chi connectivity index (χ4v) is 1.04. The molecule has 1 heteroatoms. The molecule has 0 aliphatic heterocycles. The van der Waals surface area contributed by atoms with Crippen molar-refractivity contribution in [2.45, 2.75) is 12.8 Å². The highest BCUT2D eigenvalue weighted by atomic mass is 16.3. The van der Waals surface area contributed by atoms with E-state index in [4.69, 9.17) is 5.11 Å². The first-order valence-electron chi connectivity index (χ1n) is 4.36. The maximum absolute atomic E-state index is 9.04. The number of phenolic OH excluding ortho intramolecular Hbond substituents is 1. The number of hydrogen-bond acceptors (Lipinski definition) is 1. The van der Waals surface area contributed by atoms with Crippen LogP contribution in [0.2, 0.25) is 0 Å². The van der Waals surface area contributed by atoms with Crippen molar-refractivity contribution >= 4 is 0 Å². The summed E-state index contributed by atoms with van der Waals surface area (Å²) in [6, 6.07) is 7.26. The van der Waals surface area contributed by atoms with Crippen LogP contribution < -0.4 is 0 Å². The first kappa shape index (κ1) is 9.59. The van der Waals surface area contributed by atoms with Crippen LogP contribution >= 0.6 is 0 Å². The van der Waals surface area contributed by atoms with E-state index in [0.717, 1.165) is 12.8 Å². The Morgan fingerprint density at radius 1 is 1.15 bits per heavy atom. The molecule has 68 valence electrons. The van der Waals surface area contributed by atoms with E-state index in [2.05, 4.69) is 18.7 Å². The standard InChI is InChI=1S/C12H14O/c1-2-3-4-5-6-11-7-9-12(13)10-8-11/h2,4-5,7-10,13H,1,3,6H2. The third-order valence-electron chi connectivity index (χ3n) is 1.76. The van der Waals surface area contributed by atoms with Gasteiger partial charge < -0.3 is 5.11 Å². The maximum Gasteiger partial charge on any atom is 0.115 e. The Morgan fingerprint density at radius 3 is 2.46 bits per heavy atom. The minimum atomic E-state index is 0.318. The van der Waals surface area contributed by atoms with Gasteiger partial charge in [-0.1, -0.05) is 30.4 Å². The van der Waals surface area contributed by atoms with E-state index in [1.807, 2.05) is 18.2 Å². The van der Waals surface area contributed by atoms with Crippen molar-refractivity contribution in [1.29, 1.82) is 0 Å². The predicted octanol–water partition coefficient (Wildman–Crippen LogP) is 3.07. The van der Waals surface area contributed by atoms with Crippen LogP contribution in [0, 0.1) is 0 Å². The number of aromatic hydroxyl groups is 1. The topological polar surface area (TPSA) is 20.2 Å². The van der Waals surface area contributed by atoms with Crippen molar-refractivity contribution in [3.8, 4) is 5.75 Å². The molecule has 0 heterocycles. The summed E-state index contributed by atoms with van der Waals surface area (Å²) in [5.41, 5.74) is 1.21. The molecule has 0 saturated heterocycles. The monoisotopic (exact) mass is 174 g/mol. The smallest absolute Gasteiger partial charge is 0.115 e. The molecule has 0 saturated carbocycles. The summed E-state index contributed by atoms with van der Waals surface area (Å²) in [6.07, 6.45) is 7.88. The Morgan fingerprint density at radius 2 is 1.85 bits per heavy atom. The highest BCUT2D eigenvalue weighted by Crippen LogP contribution is 2.10. The SMILES string of the molecule is C=CCC=CCc1ccc(O)cc1. The van der Waals surface area contributed by atoms with Gasteiger partial charge in [0.1, 0.15) is 5.75 Å². The molecule has 0 fully saturated rings. The molecule has 1 aromatic rings. The summed E-state index contributed by atoms with van der Waals surface area (Å²) in [5.74, 6) is 0.318. The number of phenols is 1. The minimum Gasteiger partial charge on any atom is -0.508 e. The van der Waals surface area contributed by atoms with Crippen LogP contribution in [-0.2, 0) is 6.42 Å². The Labute approximate surface area is 79.0 Å². The Balaban J connectivity index is 2.45. The van der Waals surface area contributed by atoms with Gasteiger partial charge in [0.15, 0.2) is 0 Å². The van der Waals surface area contributed by atoms with Gasteiger partial charge in [-0.05, 0) is 30.5 Å². The van der Waals surface area contributed by atoms with Crippen molar-refractivity contribution in [2.24, 2.45) is 0 Å². The molecule has 0 unspecified atom stereocenters. The van der Waals surface area contributed by atoms with Crippen LogP contribution in [0.15, 0.2) is 49.1 Å². The lowest BCUT2D eigenvalue weighted by atomic mass is 10.1. The van der Waals surface area contributed by atoms with E-state index >= 15 is 0 Å². The lowest BCUT2D eigenvalue weighted by Gasteiger charge is -1.95. The van der Waals surface area contributed by atoms with Crippen molar-refractivity contribution in [2.75, 3.05) is 0 Å². The minimum absolute atomic E-state index is 0.318. The third-order valence-corrected chi connectivity index (χ3v) is 1.76. The second-order valence-electron chi connectivity index (χ2n) is 2.87. The summed E-state index contributed by atoms with van der Waals surface area (Å²) < 4.78 is 0. The largest absolute Gasteiger partial charge is 0.508 e. The second kappa shape index (κ2) is 5.20. The average molecular weight is 174 g/mol. The highest BCUT2D eigenvalue weighted by molar-refractivity contribution is 5.27. The van der Waals surface area contributed by atoms with E-state index < -0.39 is 0 Å². The molecule has 0 spiro atoms. The first-order valence-corrected chi connectivity index (χ1v) is 4.36. The number of benzene rings is 1. The molecule has 0 atom stereocenters. The molecule has 1 rings (SSSR count). The average Bonchev–Trinajstić information content (AvgIpc) is 2.15. The van der Waals surface area contributed by atoms with Crippen LogP contribution in [0.3, 0.4) is 0 Å². The summed E-state index contributed by atoms with van der Waals surface area (Å²) in [5, 5.41) is 9.04. The van der Waals surface area contributed by atoms with Crippen molar-refractivity contribution in [3.63, 3.8) is 0 Å². The molecule has 0 amide bonds. The molecule has 0 bridgehead atoms. The van der Waals surface area contributed by atoms with Crippen LogP contribution in [0.25, 0.3) is 0 Å². The number of rotatable bonds is 4. The summed E-state index contributed by atoms with van der Waals surface area (Å²) in [4.78, 5) is 0. The van der Waals surface area contributed by atoms with E-state index in [9.17, 15) is 0 Å². The molecule has 0 radical (unpaired) electrons. The molecule has 0 aromatic heterocycles. The quantitative estimate of drug-likeness (QED) is 0.695. The predicted molar refractivity (Wildman–Crippen MR) is 55.8 cm³/mol. The van der Waals surface area contributed by atoms with Gasteiger partial charge in [0, 0.05) is 0 Å². The molecule has 13 heavy (non-hydrogen) atoms. The Kier molecular flexibility index (Phi) is 3.83. The van der Waals surface area contributed by atoms with Gasteiger partial charge in [0.05, 0.1) is 0 Å². The third kappa shape index (κ3) is 3.61. The zero-order valence-corrected chi connectivity index (χ0v) is 7.61. The number of allylic oxidation sites excluding steroid dienone is 3. The molecule has 0 aliphatic rings. The molecular formula is C12H14O.